The molecule has 2 aromatic rings. The van der Waals surface area contributed by atoms with Gasteiger partial charge in [-0.05, 0) is 51.7 Å². The molecule has 6 heteroatoms. The molecular formula is C21H28N4O2. The summed E-state index contributed by atoms with van der Waals surface area (Å²) in [5.74, 6) is 2.61. The highest BCUT2D eigenvalue weighted by molar-refractivity contribution is 5.91. The number of para-hydroxylation sites is 2. The Morgan fingerprint density at radius 3 is 2.67 bits per heavy atom. The SMILES string of the molecule is CCOc1ccccc1NC(=O)N1CCC(n2c(C)cnc2C2CC2)CC1. The molecule has 1 aromatic carbocycles. The summed E-state index contributed by atoms with van der Waals surface area (Å²) in [5, 5.41) is 3.01. The van der Waals surface area contributed by atoms with Crippen molar-refractivity contribution in [2.45, 2.75) is 51.5 Å². The number of aryl methyl sites for hydroxylation is 1. The lowest BCUT2D eigenvalue weighted by Gasteiger charge is -2.34. The molecule has 1 saturated heterocycles. The van der Waals surface area contributed by atoms with Gasteiger partial charge in [-0.1, -0.05) is 12.1 Å². The Hall–Kier alpha value is -2.50. The zero-order valence-electron chi connectivity index (χ0n) is 16.1. The molecule has 0 radical (unpaired) electrons. The molecule has 1 aliphatic heterocycles. The van der Waals surface area contributed by atoms with Gasteiger partial charge >= 0.3 is 6.03 Å². The maximum Gasteiger partial charge on any atom is 0.321 e. The van der Waals surface area contributed by atoms with Gasteiger partial charge in [-0.25, -0.2) is 9.78 Å². The Labute approximate surface area is 160 Å². The van der Waals surface area contributed by atoms with Crippen LogP contribution in [-0.4, -0.2) is 40.2 Å². The van der Waals surface area contributed by atoms with Crippen LogP contribution >= 0.6 is 0 Å². The third-order valence-electron chi connectivity index (χ3n) is 5.50. The van der Waals surface area contributed by atoms with Crippen LogP contribution in [0.5, 0.6) is 5.75 Å². The zero-order valence-corrected chi connectivity index (χ0v) is 16.1. The largest absolute Gasteiger partial charge is 0.492 e. The molecule has 6 nitrogen and oxygen atoms in total. The molecule has 0 bridgehead atoms. The van der Waals surface area contributed by atoms with E-state index in [1.165, 1.54) is 24.4 Å². The lowest BCUT2D eigenvalue weighted by Crippen LogP contribution is -2.41. The van der Waals surface area contributed by atoms with Gasteiger partial charge in [0.15, 0.2) is 0 Å². The number of anilines is 1. The monoisotopic (exact) mass is 368 g/mol. The van der Waals surface area contributed by atoms with Crippen molar-refractivity contribution in [1.82, 2.24) is 14.5 Å². The van der Waals surface area contributed by atoms with Crippen LogP contribution in [0.25, 0.3) is 0 Å². The van der Waals surface area contributed by atoms with Gasteiger partial charge in [-0.2, -0.15) is 0 Å². The quantitative estimate of drug-likeness (QED) is 0.854. The number of piperidine rings is 1. The molecule has 27 heavy (non-hydrogen) atoms. The molecule has 0 atom stereocenters. The van der Waals surface area contributed by atoms with Crippen molar-refractivity contribution < 1.29 is 9.53 Å². The number of aromatic nitrogens is 2. The third kappa shape index (κ3) is 3.80. The Morgan fingerprint density at radius 2 is 1.96 bits per heavy atom. The maximum absolute atomic E-state index is 12.7. The summed E-state index contributed by atoms with van der Waals surface area (Å²) < 4.78 is 8.03. The van der Waals surface area contributed by atoms with Gasteiger partial charge in [0.05, 0.1) is 12.3 Å². The van der Waals surface area contributed by atoms with Gasteiger partial charge in [-0.3, -0.25) is 0 Å². The molecule has 0 spiro atoms. The fourth-order valence-corrected chi connectivity index (χ4v) is 3.96. The first-order valence-electron chi connectivity index (χ1n) is 9.99. The third-order valence-corrected chi connectivity index (χ3v) is 5.50. The number of benzene rings is 1. The van der Waals surface area contributed by atoms with E-state index < -0.39 is 0 Å². The summed E-state index contributed by atoms with van der Waals surface area (Å²) in [6.07, 6.45) is 6.46. The number of rotatable bonds is 5. The maximum atomic E-state index is 12.7. The van der Waals surface area contributed by atoms with Gasteiger partial charge in [-0.15, -0.1) is 0 Å². The van der Waals surface area contributed by atoms with Crippen LogP contribution in [0.4, 0.5) is 10.5 Å². The highest BCUT2D eigenvalue weighted by Crippen LogP contribution is 2.41. The van der Waals surface area contributed by atoms with Crippen molar-refractivity contribution in [2.75, 3.05) is 25.0 Å². The average molecular weight is 368 g/mol. The van der Waals surface area contributed by atoms with E-state index in [-0.39, 0.29) is 6.03 Å². The Morgan fingerprint density at radius 1 is 1.22 bits per heavy atom. The molecule has 2 aliphatic rings. The second kappa shape index (κ2) is 7.62. The molecule has 2 heterocycles. The van der Waals surface area contributed by atoms with Gasteiger partial charge in [0.2, 0.25) is 0 Å². The zero-order chi connectivity index (χ0) is 18.8. The molecule has 4 rings (SSSR count). The number of nitrogens with zero attached hydrogens (tertiary/aromatic N) is 3. The smallest absolute Gasteiger partial charge is 0.321 e. The summed E-state index contributed by atoms with van der Waals surface area (Å²) in [5.41, 5.74) is 1.97. The van der Waals surface area contributed by atoms with Crippen LogP contribution in [-0.2, 0) is 0 Å². The molecule has 2 amide bonds. The van der Waals surface area contributed by atoms with Crippen molar-refractivity contribution >= 4 is 11.7 Å². The van der Waals surface area contributed by atoms with E-state index in [2.05, 4.69) is 21.8 Å². The van der Waals surface area contributed by atoms with Crippen LogP contribution < -0.4 is 10.1 Å². The van der Waals surface area contributed by atoms with Gasteiger partial charge < -0.3 is 19.5 Å². The molecule has 1 saturated carbocycles. The van der Waals surface area contributed by atoms with Crippen molar-refractivity contribution in [3.8, 4) is 5.75 Å². The minimum atomic E-state index is -0.0506. The molecule has 1 aromatic heterocycles. The summed E-state index contributed by atoms with van der Waals surface area (Å²) in [6, 6.07) is 7.98. The topological polar surface area (TPSA) is 59.4 Å². The summed E-state index contributed by atoms with van der Waals surface area (Å²) >= 11 is 0. The summed E-state index contributed by atoms with van der Waals surface area (Å²) in [6.45, 7) is 6.18. The number of likely N-dealkylation sites (tertiary alicyclic amines) is 1. The van der Waals surface area contributed by atoms with Crippen LogP contribution in [0, 0.1) is 6.92 Å². The molecule has 1 N–H and O–H groups in total. The second-order valence-corrected chi connectivity index (χ2v) is 7.48. The van der Waals surface area contributed by atoms with Crippen LogP contribution in [0.1, 0.15) is 56.1 Å². The summed E-state index contributed by atoms with van der Waals surface area (Å²) in [4.78, 5) is 19.3. The van der Waals surface area contributed by atoms with E-state index in [9.17, 15) is 4.79 Å². The van der Waals surface area contributed by atoms with E-state index in [1.54, 1.807) is 0 Å². The molecule has 2 fully saturated rings. The predicted molar refractivity (Wildman–Crippen MR) is 105 cm³/mol. The Bertz CT molecular complexity index is 804. The van der Waals surface area contributed by atoms with Crippen molar-refractivity contribution in [2.24, 2.45) is 0 Å². The van der Waals surface area contributed by atoms with E-state index >= 15 is 0 Å². The normalized spacial score (nSPS) is 17.8. The Balaban J connectivity index is 1.38. The van der Waals surface area contributed by atoms with E-state index in [4.69, 9.17) is 4.74 Å². The predicted octanol–water partition coefficient (Wildman–Crippen LogP) is 4.34. The number of hydrogen-bond donors (Lipinski definition) is 1. The fraction of sp³-hybridized carbons (Fsp3) is 0.524. The highest BCUT2D eigenvalue weighted by atomic mass is 16.5. The number of urea groups is 1. The first kappa shape index (κ1) is 17.9. The van der Waals surface area contributed by atoms with E-state index in [0.29, 0.717) is 24.3 Å². The van der Waals surface area contributed by atoms with Gasteiger partial charge in [0.1, 0.15) is 11.6 Å². The number of hydrogen-bond acceptors (Lipinski definition) is 3. The van der Waals surface area contributed by atoms with Gasteiger partial charge in [0.25, 0.3) is 0 Å². The first-order valence-corrected chi connectivity index (χ1v) is 9.99. The minimum absolute atomic E-state index is 0.0506. The van der Waals surface area contributed by atoms with Crippen LogP contribution in [0.15, 0.2) is 30.5 Å². The standard InChI is InChI=1S/C21H28N4O2/c1-3-27-19-7-5-4-6-18(19)23-21(26)24-12-10-17(11-13-24)25-15(2)14-22-20(25)16-8-9-16/h4-7,14,16-17H,3,8-13H2,1-2H3,(H,23,26). The summed E-state index contributed by atoms with van der Waals surface area (Å²) in [7, 11) is 0. The van der Waals surface area contributed by atoms with E-state index in [0.717, 1.165) is 31.6 Å². The minimum Gasteiger partial charge on any atom is -0.492 e. The molecule has 144 valence electrons. The molecule has 0 unspecified atom stereocenters. The number of amides is 2. The number of ether oxygens (including phenoxy) is 1. The number of nitrogens with one attached hydrogen (secondary N) is 1. The highest BCUT2D eigenvalue weighted by Gasteiger charge is 2.32. The molecular weight excluding hydrogens is 340 g/mol. The second-order valence-electron chi connectivity index (χ2n) is 7.48. The van der Waals surface area contributed by atoms with Crippen molar-refractivity contribution in [3.05, 3.63) is 42.0 Å². The average Bonchev–Trinajstić information content (AvgIpc) is 3.46. The van der Waals surface area contributed by atoms with Gasteiger partial charge in [0, 0.05) is 36.9 Å². The number of imidazole rings is 1. The Kier molecular flexibility index (Phi) is 5.05. The number of carbonyl (C=O) groups excluding carboxylic acids is 1. The fourth-order valence-electron chi connectivity index (χ4n) is 3.96. The molecule has 1 aliphatic carbocycles. The lowest BCUT2D eigenvalue weighted by atomic mass is 10.0. The van der Waals surface area contributed by atoms with Crippen molar-refractivity contribution in [3.63, 3.8) is 0 Å². The first-order chi connectivity index (χ1) is 13.2. The lowest BCUT2D eigenvalue weighted by molar-refractivity contribution is 0.182. The van der Waals surface area contributed by atoms with Crippen molar-refractivity contribution in [1.29, 1.82) is 0 Å². The van der Waals surface area contributed by atoms with E-state index in [1.807, 2.05) is 42.3 Å². The number of carbonyl (C=O) groups is 1. The van der Waals surface area contributed by atoms with Crippen LogP contribution in [0.3, 0.4) is 0 Å². The van der Waals surface area contributed by atoms with Crippen LogP contribution in [0.2, 0.25) is 0 Å².